The van der Waals surface area contributed by atoms with Gasteiger partial charge in [0.1, 0.15) is 6.04 Å². The van der Waals surface area contributed by atoms with Crippen molar-refractivity contribution in [2.45, 2.75) is 85.0 Å². The van der Waals surface area contributed by atoms with Gasteiger partial charge in [0, 0.05) is 113 Å². The van der Waals surface area contributed by atoms with Crippen LogP contribution in [0.2, 0.25) is 0 Å². The van der Waals surface area contributed by atoms with Crippen LogP contribution in [0.25, 0.3) is 11.1 Å². The highest BCUT2D eigenvalue weighted by Gasteiger charge is 2.45. The molecule has 0 bridgehead atoms. The molecule has 5 heterocycles. The number of nitrogens with two attached hydrogens (primary N) is 1. The molecular formula is C53H63N11O8. The third-order valence-corrected chi connectivity index (χ3v) is 14.0. The van der Waals surface area contributed by atoms with E-state index in [4.69, 9.17) is 10.6 Å². The Labute approximate surface area is 418 Å². The summed E-state index contributed by atoms with van der Waals surface area (Å²) in [4.78, 5) is 106. The first-order valence-electron chi connectivity index (χ1n) is 24.7. The Morgan fingerprint density at radius 2 is 1.67 bits per heavy atom. The number of fused-ring (bicyclic) bond motifs is 1. The molecule has 4 aromatic rings. The van der Waals surface area contributed by atoms with E-state index < -0.39 is 29.7 Å². The number of piperazine rings is 1. The zero-order chi connectivity index (χ0) is 51.1. The fourth-order valence-electron chi connectivity index (χ4n) is 10.1. The molecule has 1 aromatic heterocycles. The summed E-state index contributed by atoms with van der Waals surface area (Å²) < 4.78 is 5.69. The summed E-state index contributed by atoms with van der Waals surface area (Å²) in [6.45, 7) is 13.8. The molecule has 3 saturated heterocycles. The largest absolute Gasteiger partial charge is 0.384 e. The van der Waals surface area contributed by atoms with Gasteiger partial charge in [-0.2, -0.15) is 5.10 Å². The lowest BCUT2D eigenvalue weighted by atomic mass is 9.94. The Kier molecular flexibility index (Phi) is 16.0. The van der Waals surface area contributed by atoms with Crippen molar-refractivity contribution in [2.24, 2.45) is 15.9 Å². The number of piperidine rings is 1. The quantitative estimate of drug-likeness (QED) is 0.0333. The zero-order valence-corrected chi connectivity index (χ0v) is 41.3. The number of aliphatic imine (C=N–C) groups is 1. The van der Waals surface area contributed by atoms with E-state index in [2.05, 4.69) is 78.1 Å². The highest BCUT2D eigenvalue weighted by atomic mass is 16.5. The van der Waals surface area contributed by atoms with Crippen molar-refractivity contribution in [2.75, 3.05) is 69.2 Å². The second-order valence-corrected chi connectivity index (χ2v) is 18.7. The molecule has 19 heteroatoms. The number of amides is 6. The summed E-state index contributed by atoms with van der Waals surface area (Å²) in [5.41, 5.74) is 8.21. The monoisotopic (exact) mass is 981 g/mol. The first kappa shape index (κ1) is 50.9. The third-order valence-electron chi connectivity index (χ3n) is 14.0. The minimum atomic E-state index is -1.05. The van der Waals surface area contributed by atoms with Gasteiger partial charge in [-0.15, -0.1) is 0 Å². The van der Waals surface area contributed by atoms with Gasteiger partial charge in [0.05, 0.1) is 17.3 Å². The molecule has 0 aliphatic carbocycles. The molecule has 0 spiro atoms. The Bertz CT molecular complexity index is 2860. The molecule has 3 aromatic carbocycles. The number of anilines is 2. The summed E-state index contributed by atoms with van der Waals surface area (Å²) in [6, 6.07) is 18.5. The number of hydrogen-bond donors (Lipinski definition) is 5. The number of hydrazone groups is 1. The number of imide groups is 2. The average molecular weight is 982 g/mol. The number of benzene rings is 3. The number of nitrogens with zero attached hydrogens (tertiary/aromatic N) is 6. The highest BCUT2D eigenvalue weighted by molar-refractivity contribution is 6.60. The van der Waals surface area contributed by atoms with Crippen molar-refractivity contribution in [3.8, 4) is 11.1 Å². The highest BCUT2D eigenvalue weighted by Crippen LogP contribution is 2.35. The summed E-state index contributed by atoms with van der Waals surface area (Å²) in [6.07, 6.45) is 3.80. The van der Waals surface area contributed by atoms with E-state index in [1.54, 1.807) is 23.1 Å². The maximum absolute atomic E-state index is 14.0. The lowest BCUT2D eigenvalue weighted by Gasteiger charge is -2.37. The van der Waals surface area contributed by atoms with Gasteiger partial charge in [0.15, 0.2) is 5.71 Å². The molecule has 1 atom stereocenters. The Balaban J connectivity index is 0.842. The first-order chi connectivity index (χ1) is 34.8. The van der Waals surface area contributed by atoms with Gasteiger partial charge in [-0.1, -0.05) is 30.3 Å². The van der Waals surface area contributed by atoms with Crippen LogP contribution in [0.1, 0.15) is 98.0 Å². The summed E-state index contributed by atoms with van der Waals surface area (Å²) in [7, 11) is 0. The van der Waals surface area contributed by atoms with E-state index in [1.165, 1.54) is 6.21 Å². The van der Waals surface area contributed by atoms with Crippen LogP contribution in [-0.2, 0) is 32.2 Å². The Morgan fingerprint density at radius 3 is 2.36 bits per heavy atom. The standard InChI is InChI=1S/C53H63N11O8/c1-5-63(38-16-24-72-25-17-38)45-28-37(27-40(34(45)4)48(66)57-29-41-32(2)26-33(3)58-49(41)67)36-12-10-35(11-13-36)31-61-20-22-62(23-21-61)52(70)43(60-54)30-55-18-7-19-56-42-9-6-8-39-47(42)53(71)64(51(39)69)44-14-15-46(65)59-50(44)68/h6,8-13,26-28,30,38,44,56H,5,7,14-25,29,31,54H2,1-4H3,(H,57,66)(H,58,67)(H,59,65,68). The smallest absolute Gasteiger partial charge is 0.275 e. The fourth-order valence-corrected chi connectivity index (χ4v) is 10.1. The van der Waals surface area contributed by atoms with Crippen LogP contribution >= 0.6 is 0 Å². The second kappa shape index (κ2) is 22.7. The van der Waals surface area contributed by atoms with Crippen LogP contribution in [0.15, 0.2) is 75.6 Å². The molecule has 6 N–H and O–H groups in total. The van der Waals surface area contributed by atoms with Crippen molar-refractivity contribution in [1.29, 1.82) is 0 Å². The predicted octanol–water partition coefficient (Wildman–Crippen LogP) is 3.84. The number of pyridine rings is 1. The van der Waals surface area contributed by atoms with Crippen LogP contribution in [0.3, 0.4) is 0 Å². The number of ether oxygens (including phenoxy) is 1. The molecule has 378 valence electrons. The number of hydrogen-bond acceptors (Lipinski definition) is 14. The number of nitrogens with one attached hydrogen (secondary N) is 4. The van der Waals surface area contributed by atoms with E-state index in [0.29, 0.717) is 82.3 Å². The molecule has 0 saturated carbocycles. The van der Waals surface area contributed by atoms with E-state index in [-0.39, 0.29) is 59.6 Å². The maximum Gasteiger partial charge on any atom is 0.275 e. The lowest BCUT2D eigenvalue weighted by Crippen LogP contribution is -2.54. The molecular weight excluding hydrogens is 919 g/mol. The summed E-state index contributed by atoms with van der Waals surface area (Å²) >= 11 is 0. The summed E-state index contributed by atoms with van der Waals surface area (Å²) in [5.74, 6) is 2.84. The minimum absolute atomic E-state index is 0.0373. The fraction of sp³-hybridized carbons (Fsp3) is 0.415. The molecule has 8 rings (SSSR count). The van der Waals surface area contributed by atoms with Crippen molar-refractivity contribution < 1.29 is 33.5 Å². The third kappa shape index (κ3) is 11.2. The molecule has 0 radical (unpaired) electrons. The Morgan fingerprint density at radius 1 is 0.917 bits per heavy atom. The number of aryl methyl sites for hydroxylation is 2. The van der Waals surface area contributed by atoms with Crippen molar-refractivity contribution >= 4 is 58.7 Å². The van der Waals surface area contributed by atoms with E-state index in [0.717, 1.165) is 63.5 Å². The van der Waals surface area contributed by atoms with E-state index >= 15 is 0 Å². The molecule has 1 unspecified atom stereocenters. The molecule has 19 nitrogen and oxygen atoms in total. The van der Waals surface area contributed by atoms with Gasteiger partial charge in [-0.05, 0) is 112 Å². The van der Waals surface area contributed by atoms with Gasteiger partial charge >= 0.3 is 0 Å². The molecule has 6 amide bonds. The molecule has 4 aliphatic rings. The predicted molar refractivity (Wildman–Crippen MR) is 274 cm³/mol. The van der Waals surface area contributed by atoms with Gasteiger partial charge in [-0.25, -0.2) is 0 Å². The van der Waals surface area contributed by atoms with Gasteiger partial charge in [0.25, 0.3) is 29.2 Å². The SMILES string of the molecule is CCN(c1cc(-c2ccc(CN3CCN(C(=O)C(C=NCCCNc4cccc5c4C(=O)N(C4CCC(=O)NC4=O)C5=O)=NN)CC3)cc2)cc(C(=O)NCc2c(C)cc(C)[nH]c2=O)c1C)C1CCOCC1. The van der Waals surface area contributed by atoms with Crippen LogP contribution in [-0.4, -0.2) is 138 Å². The van der Waals surface area contributed by atoms with Crippen LogP contribution in [0.4, 0.5) is 11.4 Å². The Hall–Kier alpha value is -7.51. The van der Waals surface area contributed by atoms with Crippen LogP contribution < -0.4 is 32.3 Å². The van der Waals surface area contributed by atoms with Crippen molar-refractivity contribution in [3.05, 3.63) is 116 Å². The van der Waals surface area contributed by atoms with Gasteiger partial charge in [-0.3, -0.25) is 53.7 Å². The summed E-state index contributed by atoms with van der Waals surface area (Å²) in [5, 5.41) is 12.2. The molecule has 3 fully saturated rings. The molecule has 4 aliphatic heterocycles. The van der Waals surface area contributed by atoms with E-state index in [1.807, 2.05) is 32.9 Å². The number of rotatable bonds is 17. The van der Waals surface area contributed by atoms with Crippen molar-refractivity contribution in [3.63, 3.8) is 0 Å². The maximum atomic E-state index is 14.0. The van der Waals surface area contributed by atoms with Crippen LogP contribution in [0.5, 0.6) is 0 Å². The number of aromatic amines is 1. The van der Waals surface area contributed by atoms with Gasteiger partial charge < -0.3 is 36.0 Å². The first-order valence-corrected chi connectivity index (χ1v) is 24.7. The second-order valence-electron chi connectivity index (χ2n) is 18.7. The number of aromatic nitrogens is 1. The number of carbonyl (C=O) groups excluding carboxylic acids is 6. The van der Waals surface area contributed by atoms with Gasteiger partial charge in [0.2, 0.25) is 11.8 Å². The molecule has 72 heavy (non-hydrogen) atoms. The number of carbonyl (C=O) groups is 6. The topological polar surface area (TPSA) is 244 Å². The normalized spacial score (nSPS) is 17.9. The minimum Gasteiger partial charge on any atom is -0.384 e. The average Bonchev–Trinajstić information content (AvgIpc) is 3.63. The van der Waals surface area contributed by atoms with Crippen molar-refractivity contribution in [1.82, 2.24) is 30.3 Å². The van der Waals surface area contributed by atoms with E-state index in [9.17, 15) is 33.6 Å². The zero-order valence-electron chi connectivity index (χ0n) is 41.3. The lowest BCUT2D eigenvalue weighted by molar-refractivity contribution is -0.136. The van der Waals surface area contributed by atoms with Crippen LogP contribution in [0, 0.1) is 20.8 Å². The number of H-pyrrole nitrogens is 1.